The molecule has 0 aromatic heterocycles. The molecule has 4 heteroatoms. The number of fused-ring (bicyclic) bond motifs is 1. The van der Waals surface area contributed by atoms with Gasteiger partial charge in [0.15, 0.2) is 5.78 Å². The number of nitrogens with zero attached hydrogens (tertiary/aromatic N) is 1. The summed E-state index contributed by atoms with van der Waals surface area (Å²) in [4.78, 5) is 15.3. The number of likely N-dealkylation sites (tertiary alicyclic amines) is 1. The second-order valence-electron chi connectivity index (χ2n) is 9.56. The van der Waals surface area contributed by atoms with Gasteiger partial charge in [-0.05, 0) is 59.6 Å². The Balaban J connectivity index is 1.20. The number of aliphatic hydroxyl groups is 1. The first-order valence-corrected chi connectivity index (χ1v) is 11.4. The smallest absolute Gasteiger partial charge is 0.176 e. The maximum atomic E-state index is 13.0. The van der Waals surface area contributed by atoms with Gasteiger partial charge in [0.25, 0.3) is 0 Å². The second kappa shape index (κ2) is 8.53. The first-order chi connectivity index (χ1) is 15.5. The molecule has 0 spiro atoms. The maximum Gasteiger partial charge on any atom is 0.176 e. The van der Waals surface area contributed by atoms with Crippen molar-refractivity contribution >= 4 is 5.78 Å². The van der Waals surface area contributed by atoms with E-state index in [-0.39, 0.29) is 11.5 Å². The van der Waals surface area contributed by atoms with Gasteiger partial charge in [0.1, 0.15) is 5.75 Å². The van der Waals surface area contributed by atoms with Crippen molar-refractivity contribution in [1.29, 1.82) is 0 Å². The number of phenolic OH excluding ortho intramolecular Hbond substituents is 1. The number of hydrogen-bond donors (Lipinski definition) is 2. The third-order valence-electron chi connectivity index (χ3n) is 7.06. The van der Waals surface area contributed by atoms with Gasteiger partial charge < -0.3 is 10.2 Å². The minimum Gasteiger partial charge on any atom is -0.508 e. The van der Waals surface area contributed by atoms with Crippen LogP contribution in [0.3, 0.4) is 0 Å². The average molecular weight is 428 g/mol. The highest BCUT2D eigenvalue weighted by atomic mass is 16.3. The average Bonchev–Trinajstić information content (AvgIpc) is 3.28. The van der Waals surface area contributed by atoms with Crippen LogP contribution in [0.4, 0.5) is 0 Å². The Morgan fingerprint density at radius 1 is 0.875 bits per heavy atom. The van der Waals surface area contributed by atoms with Gasteiger partial charge >= 0.3 is 0 Å². The summed E-state index contributed by atoms with van der Waals surface area (Å²) >= 11 is 0. The lowest BCUT2D eigenvalue weighted by Gasteiger charge is -2.26. The second-order valence-corrected chi connectivity index (χ2v) is 9.56. The summed E-state index contributed by atoms with van der Waals surface area (Å²) in [6.45, 7) is 2.18. The van der Waals surface area contributed by atoms with E-state index >= 15 is 0 Å². The van der Waals surface area contributed by atoms with E-state index in [0.29, 0.717) is 30.4 Å². The summed E-state index contributed by atoms with van der Waals surface area (Å²) in [5, 5.41) is 20.7. The maximum absolute atomic E-state index is 13.0. The first kappa shape index (κ1) is 20.9. The van der Waals surface area contributed by atoms with Gasteiger partial charge in [-0.15, -0.1) is 0 Å². The Labute approximate surface area is 189 Å². The minimum absolute atomic E-state index is 0.130. The molecule has 0 amide bonds. The van der Waals surface area contributed by atoms with Crippen molar-refractivity contribution in [2.75, 3.05) is 19.6 Å². The van der Waals surface area contributed by atoms with E-state index in [1.54, 1.807) is 12.1 Å². The van der Waals surface area contributed by atoms with E-state index in [1.807, 2.05) is 54.6 Å². The van der Waals surface area contributed by atoms with Crippen molar-refractivity contribution < 1.29 is 15.0 Å². The third kappa shape index (κ3) is 4.47. The van der Waals surface area contributed by atoms with Crippen LogP contribution in [0.1, 0.15) is 28.8 Å². The van der Waals surface area contributed by atoms with Gasteiger partial charge in [0, 0.05) is 25.1 Å². The normalized spacial score (nSPS) is 25.0. The Morgan fingerprint density at radius 3 is 2.25 bits per heavy atom. The lowest BCUT2D eigenvalue weighted by molar-refractivity contribution is 0.0355. The zero-order valence-corrected chi connectivity index (χ0v) is 18.2. The molecule has 3 aromatic carbocycles. The van der Waals surface area contributed by atoms with Crippen LogP contribution in [-0.4, -0.2) is 46.1 Å². The zero-order valence-electron chi connectivity index (χ0n) is 18.2. The number of carbonyl (C=O) groups excluding carboxylic acids is 1. The van der Waals surface area contributed by atoms with Gasteiger partial charge in [-0.3, -0.25) is 9.69 Å². The SMILES string of the molecule is O=C(CN1C[C@@H]2CC(O)(Cc3ccccc3)C[C@@H]2C1)c1cccc(-c2ccc(O)cc2)c1. The van der Waals surface area contributed by atoms with Crippen molar-refractivity contribution in [3.63, 3.8) is 0 Å². The van der Waals surface area contributed by atoms with E-state index in [1.165, 1.54) is 5.56 Å². The summed E-state index contributed by atoms with van der Waals surface area (Å²) in [6.07, 6.45) is 2.34. The van der Waals surface area contributed by atoms with Crippen LogP contribution < -0.4 is 0 Å². The fourth-order valence-electron chi connectivity index (χ4n) is 5.63. The molecule has 1 heterocycles. The highest BCUT2D eigenvalue weighted by Gasteiger charge is 2.48. The van der Waals surface area contributed by atoms with Crippen LogP contribution in [0.5, 0.6) is 5.75 Å². The van der Waals surface area contributed by atoms with Crippen LogP contribution in [0.15, 0.2) is 78.9 Å². The number of Topliss-reactive ketones (excluding diaryl/α,β-unsaturated/α-hetero) is 1. The van der Waals surface area contributed by atoms with E-state index in [2.05, 4.69) is 17.0 Å². The molecule has 32 heavy (non-hydrogen) atoms. The molecule has 3 atom stereocenters. The molecule has 1 saturated carbocycles. The number of rotatable bonds is 6. The molecule has 5 rings (SSSR count). The van der Waals surface area contributed by atoms with E-state index in [9.17, 15) is 15.0 Å². The number of ketones is 1. The molecule has 0 bridgehead atoms. The summed E-state index contributed by atoms with van der Waals surface area (Å²) < 4.78 is 0. The highest BCUT2D eigenvalue weighted by molar-refractivity contribution is 5.98. The molecule has 4 nitrogen and oxygen atoms in total. The molecule has 1 aliphatic heterocycles. The molecule has 1 aliphatic carbocycles. The molecular formula is C28H29NO3. The summed E-state index contributed by atoms with van der Waals surface area (Å²) in [5.41, 5.74) is 3.24. The molecular weight excluding hydrogens is 398 g/mol. The topological polar surface area (TPSA) is 60.8 Å². The standard InChI is InChI=1S/C28H29NO3/c30-26-11-9-21(10-12-26)22-7-4-8-23(13-22)27(31)19-29-17-24-15-28(32,16-25(24)18-29)14-20-5-2-1-3-6-20/h1-13,24-25,30,32H,14-19H2/t24-,25+,28?. The van der Waals surface area contributed by atoms with Crippen LogP contribution in [0.25, 0.3) is 11.1 Å². The van der Waals surface area contributed by atoms with Crippen LogP contribution in [-0.2, 0) is 6.42 Å². The molecule has 3 aromatic rings. The molecule has 1 saturated heterocycles. The number of phenols is 1. The quantitative estimate of drug-likeness (QED) is 0.567. The predicted molar refractivity (Wildman–Crippen MR) is 126 cm³/mol. The Hall–Kier alpha value is -2.95. The van der Waals surface area contributed by atoms with Crippen LogP contribution >= 0.6 is 0 Å². The lowest BCUT2D eigenvalue weighted by Crippen LogP contribution is -2.34. The fourth-order valence-corrected chi connectivity index (χ4v) is 5.63. The van der Waals surface area contributed by atoms with Gasteiger partial charge in [0.05, 0.1) is 12.1 Å². The van der Waals surface area contributed by atoms with Gasteiger partial charge in [0.2, 0.25) is 0 Å². The Bertz CT molecular complexity index is 1080. The number of carbonyl (C=O) groups is 1. The summed E-state index contributed by atoms with van der Waals surface area (Å²) in [5.74, 6) is 1.28. The third-order valence-corrected chi connectivity index (χ3v) is 7.06. The number of hydrogen-bond acceptors (Lipinski definition) is 4. The monoisotopic (exact) mass is 427 g/mol. The van der Waals surface area contributed by atoms with Crippen LogP contribution in [0, 0.1) is 11.8 Å². The van der Waals surface area contributed by atoms with Crippen molar-refractivity contribution in [2.45, 2.75) is 24.9 Å². The largest absolute Gasteiger partial charge is 0.508 e. The number of aromatic hydroxyl groups is 1. The van der Waals surface area contributed by atoms with Crippen molar-refractivity contribution in [2.24, 2.45) is 11.8 Å². The molecule has 1 unspecified atom stereocenters. The summed E-state index contributed by atoms with van der Waals surface area (Å²) in [6, 6.07) is 25.0. The zero-order chi connectivity index (χ0) is 22.1. The highest BCUT2D eigenvalue weighted by Crippen LogP contribution is 2.45. The van der Waals surface area contributed by atoms with Crippen molar-refractivity contribution in [3.8, 4) is 16.9 Å². The lowest BCUT2D eigenvalue weighted by atomic mass is 9.91. The van der Waals surface area contributed by atoms with E-state index in [0.717, 1.165) is 37.1 Å². The fraction of sp³-hybridized carbons (Fsp3) is 0.321. The molecule has 2 fully saturated rings. The van der Waals surface area contributed by atoms with E-state index in [4.69, 9.17) is 0 Å². The van der Waals surface area contributed by atoms with Gasteiger partial charge in [-0.1, -0.05) is 60.7 Å². The number of benzene rings is 3. The summed E-state index contributed by atoms with van der Waals surface area (Å²) in [7, 11) is 0. The molecule has 0 radical (unpaired) electrons. The van der Waals surface area contributed by atoms with Crippen molar-refractivity contribution in [1.82, 2.24) is 4.90 Å². The Morgan fingerprint density at radius 2 is 1.56 bits per heavy atom. The minimum atomic E-state index is -0.620. The Kier molecular flexibility index (Phi) is 5.58. The molecule has 2 aliphatic rings. The van der Waals surface area contributed by atoms with Crippen molar-refractivity contribution in [3.05, 3.63) is 90.0 Å². The first-order valence-electron chi connectivity index (χ1n) is 11.4. The predicted octanol–water partition coefficient (Wildman–Crippen LogP) is 4.56. The van der Waals surface area contributed by atoms with E-state index < -0.39 is 5.60 Å². The molecule has 164 valence electrons. The van der Waals surface area contributed by atoms with Gasteiger partial charge in [-0.2, -0.15) is 0 Å². The van der Waals surface area contributed by atoms with Gasteiger partial charge in [-0.25, -0.2) is 0 Å². The van der Waals surface area contributed by atoms with Crippen LogP contribution in [0.2, 0.25) is 0 Å². The molecule has 2 N–H and O–H groups in total.